The number of nitrogens with zero attached hydrogens (tertiary/aromatic N) is 3. The van der Waals surface area contributed by atoms with E-state index in [0.717, 1.165) is 21.4 Å². The van der Waals surface area contributed by atoms with Crippen molar-refractivity contribution in [3.8, 4) is 17.2 Å². The van der Waals surface area contributed by atoms with Gasteiger partial charge >= 0.3 is 0 Å². The third kappa shape index (κ3) is 1.81. The monoisotopic (exact) mass is 247 g/mol. The van der Waals surface area contributed by atoms with Gasteiger partial charge < -0.3 is 4.74 Å². The Balaban J connectivity index is 2.68. The maximum atomic E-state index is 8.77. The number of rotatable bonds is 2. The Morgan fingerprint density at radius 1 is 1.44 bits per heavy atom. The van der Waals surface area contributed by atoms with Crippen LogP contribution in [0.5, 0.6) is 5.75 Å². The topological polar surface area (TPSA) is 69.7 Å². The number of benzene rings is 1. The molecule has 0 aliphatic rings. The number of fused-ring (bicyclic) bond motifs is 1. The third-order valence-electron chi connectivity index (χ3n) is 1.91. The Hall–Kier alpha value is -1.76. The van der Waals surface area contributed by atoms with Gasteiger partial charge in [-0.1, -0.05) is 0 Å². The highest BCUT2D eigenvalue weighted by Gasteiger charge is 2.10. The quantitative estimate of drug-likeness (QED) is 0.602. The molecule has 0 saturated heterocycles. The zero-order chi connectivity index (χ0) is 11.5. The fourth-order valence-corrected chi connectivity index (χ4v) is 2.63. The molecule has 0 saturated carbocycles. The van der Waals surface area contributed by atoms with Gasteiger partial charge in [-0.25, -0.2) is 4.98 Å². The molecule has 1 aromatic heterocycles. The van der Waals surface area contributed by atoms with Gasteiger partial charge in [-0.15, -0.1) is 11.3 Å². The molecule has 0 unspecified atom stereocenters. The highest BCUT2D eigenvalue weighted by Crippen LogP contribution is 2.34. The van der Waals surface area contributed by atoms with Gasteiger partial charge in [0, 0.05) is 4.90 Å². The second-order valence-electron chi connectivity index (χ2n) is 2.80. The van der Waals surface area contributed by atoms with E-state index in [9.17, 15) is 0 Å². The Labute approximate surface area is 100 Å². The molecule has 1 heterocycles. The third-order valence-corrected chi connectivity index (χ3v) is 3.38. The van der Waals surface area contributed by atoms with Gasteiger partial charge in [0.1, 0.15) is 22.7 Å². The molecule has 16 heavy (non-hydrogen) atoms. The lowest BCUT2D eigenvalue weighted by atomic mass is 10.3. The van der Waals surface area contributed by atoms with Gasteiger partial charge in [0.05, 0.1) is 11.8 Å². The van der Waals surface area contributed by atoms with E-state index in [4.69, 9.17) is 15.3 Å². The molecule has 0 amide bonds. The summed E-state index contributed by atoms with van der Waals surface area (Å²) in [5.41, 5.74) is 0.673. The van der Waals surface area contributed by atoms with Gasteiger partial charge in [0.15, 0.2) is 5.01 Å². The molecule has 0 atom stereocenters. The fourth-order valence-electron chi connectivity index (χ4n) is 1.29. The smallest absolute Gasteiger partial charge is 0.195 e. The first-order valence-electron chi connectivity index (χ1n) is 4.23. The lowest BCUT2D eigenvalue weighted by Gasteiger charge is -2.01. The van der Waals surface area contributed by atoms with Crippen molar-refractivity contribution >= 4 is 33.3 Å². The van der Waals surface area contributed by atoms with Gasteiger partial charge in [0.25, 0.3) is 0 Å². The summed E-state index contributed by atoms with van der Waals surface area (Å²) >= 11 is 2.35. The summed E-state index contributed by atoms with van der Waals surface area (Å²) < 4.78 is 6.04. The van der Waals surface area contributed by atoms with Crippen LogP contribution >= 0.6 is 23.1 Å². The first kappa shape index (κ1) is 10.7. The number of thioether (sulfide) groups is 1. The number of methoxy groups -OCH3 is 1. The van der Waals surface area contributed by atoms with Crippen LogP contribution in [0.15, 0.2) is 17.0 Å². The zero-order valence-electron chi connectivity index (χ0n) is 8.22. The van der Waals surface area contributed by atoms with Crippen molar-refractivity contribution in [2.75, 3.05) is 7.11 Å². The highest BCUT2D eigenvalue weighted by molar-refractivity contribution is 8.03. The van der Waals surface area contributed by atoms with E-state index in [2.05, 4.69) is 4.98 Å². The standard InChI is InChI=1S/C10H5N3OS2/c1-14-7-2-6(15-5-12)3-8-10(7)13-9(4-11)16-8/h2-3H,1H3. The SMILES string of the molecule is COc1cc(SC#N)cc2sc(C#N)nc12. The lowest BCUT2D eigenvalue weighted by Crippen LogP contribution is -1.85. The van der Waals surface area contributed by atoms with E-state index >= 15 is 0 Å². The van der Waals surface area contributed by atoms with Crippen molar-refractivity contribution in [2.45, 2.75) is 4.90 Å². The van der Waals surface area contributed by atoms with Gasteiger partial charge in [0.2, 0.25) is 0 Å². The molecule has 2 aromatic rings. The number of thiazole rings is 1. The summed E-state index contributed by atoms with van der Waals surface area (Å²) in [5.74, 6) is 0.591. The molecule has 78 valence electrons. The Bertz CT molecular complexity index is 621. The normalized spacial score (nSPS) is 9.69. The summed E-state index contributed by atoms with van der Waals surface area (Å²) in [6.45, 7) is 0. The first-order valence-corrected chi connectivity index (χ1v) is 5.86. The summed E-state index contributed by atoms with van der Waals surface area (Å²) in [5, 5.41) is 19.8. The minimum absolute atomic E-state index is 0.396. The number of aromatic nitrogens is 1. The van der Waals surface area contributed by atoms with Crippen molar-refractivity contribution < 1.29 is 4.74 Å². The molecule has 6 heteroatoms. The van der Waals surface area contributed by atoms with Crippen molar-refractivity contribution in [1.29, 1.82) is 10.5 Å². The highest BCUT2D eigenvalue weighted by atomic mass is 32.2. The molecule has 0 aliphatic heterocycles. The van der Waals surface area contributed by atoms with E-state index < -0.39 is 0 Å². The molecular weight excluding hydrogens is 242 g/mol. The fraction of sp³-hybridized carbons (Fsp3) is 0.100. The van der Waals surface area contributed by atoms with E-state index in [1.54, 1.807) is 13.2 Å². The number of thiocyanates is 1. The average molecular weight is 247 g/mol. The van der Waals surface area contributed by atoms with Gasteiger partial charge in [-0.2, -0.15) is 10.5 Å². The largest absolute Gasteiger partial charge is 0.494 e. The summed E-state index contributed by atoms with van der Waals surface area (Å²) in [7, 11) is 1.54. The molecule has 0 N–H and O–H groups in total. The van der Waals surface area contributed by atoms with Crippen LogP contribution in [0, 0.1) is 22.0 Å². The molecule has 0 fully saturated rings. The predicted octanol–water partition coefficient (Wildman–Crippen LogP) is 2.75. The van der Waals surface area contributed by atoms with Crippen LogP contribution in [0.2, 0.25) is 0 Å². The molecular formula is C10H5N3OS2. The average Bonchev–Trinajstić information content (AvgIpc) is 2.71. The summed E-state index contributed by atoms with van der Waals surface area (Å²) in [4.78, 5) is 4.94. The lowest BCUT2D eigenvalue weighted by molar-refractivity contribution is 0.418. The number of hydrogen-bond acceptors (Lipinski definition) is 6. The van der Waals surface area contributed by atoms with E-state index in [0.29, 0.717) is 16.3 Å². The second kappa shape index (κ2) is 4.40. The minimum atomic E-state index is 0.396. The van der Waals surface area contributed by atoms with Crippen molar-refractivity contribution in [1.82, 2.24) is 4.98 Å². The van der Waals surface area contributed by atoms with Gasteiger partial charge in [-0.3, -0.25) is 0 Å². The molecule has 0 aliphatic carbocycles. The van der Waals surface area contributed by atoms with Crippen LogP contribution in [-0.2, 0) is 0 Å². The number of nitriles is 2. The zero-order valence-corrected chi connectivity index (χ0v) is 9.85. The maximum absolute atomic E-state index is 8.77. The maximum Gasteiger partial charge on any atom is 0.195 e. The Kier molecular flexibility index (Phi) is 2.95. The van der Waals surface area contributed by atoms with Crippen LogP contribution in [0.3, 0.4) is 0 Å². The van der Waals surface area contributed by atoms with Crippen LogP contribution in [0.4, 0.5) is 0 Å². The molecule has 0 bridgehead atoms. The molecule has 1 aromatic carbocycles. The minimum Gasteiger partial charge on any atom is -0.494 e. The number of ether oxygens (including phenoxy) is 1. The molecule has 2 rings (SSSR count). The van der Waals surface area contributed by atoms with E-state index in [1.807, 2.05) is 17.5 Å². The Morgan fingerprint density at radius 3 is 2.88 bits per heavy atom. The van der Waals surface area contributed by atoms with Gasteiger partial charge in [-0.05, 0) is 23.9 Å². The van der Waals surface area contributed by atoms with Crippen LogP contribution in [-0.4, -0.2) is 12.1 Å². The van der Waals surface area contributed by atoms with Crippen LogP contribution in [0.1, 0.15) is 5.01 Å². The van der Waals surface area contributed by atoms with E-state index in [1.165, 1.54) is 11.3 Å². The van der Waals surface area contributed by atoms with Crippen molar-refractivity contribution in [2.24, 2.45) is 0 Å². The van der Waals surface area contributed by atoms with Crippen LogP contribution < -0.4 is 4.74 Å². The number of hydrogen-bond donors (Lipinski definition) is 0. The van der Waals surface area contributed by atoms with E-state index in [-0.39, 0.29) is 0 Å². The van der Waals surface area contributed by atoms with Crippen LogP contribution in [0.25, 0.3) is 10.2 Å². The summed E-state index contributed by atoms with van der Waals surface area (Å²) in [6, 6.07) is 5.58. The molecule has 0 spiro atoms. The predicted molar refractivity (Wildman–Crippen MR) is 62.4 cm³/mol. The first-order chi connectivity index (χ1) is 7.78. The van der Waals surface area contributed by atoms with Crippen molar-refractivity contribution in [3.05, 3.63) is 17.1 Å². The molecule has 4 nitrogen and oxygen atoms in total. The second-order valence-corrected chi connectivity index (χ2v) is 4.69. The van der Waals surface area contributed by atoms with Crippen molar-refractivity contribution in [3.63, 3.8) is 0 Å². The summed E-state index contributed by atoms with van der Waals surface area (Å²) in [6.07, 6.45) is 0. The Morgan fingerprint density at radius 2 is 2.25 bits per heavy atom. The molecule has 0 radical (unpaired) electrons.